The number of carbonyl (C=O) groups excluding carboxylic acids is 5. The fourth-order valence-electron chi connectivity index (χ4n) is 9.05. The molecule has 15 nitrogen and oxygen atoms in total. The topological polar surface area (TPSA) is 181 Å². The van der Waals surface area contributed by atoms with E-state index < -0.39 is 35.1 Å². The van der Waals surface area contributed by atoms with Crippen molar-refractivity contribution in [1.29, 1.82) is 0 Å². The van der Waals surface area contributed by atoms with Crippen LogP contribution in [0, 0.1) is 5.41 Å². The highest BCUT2D eigenvalue weighted by Crippen LogP contribution is 2.81. The Balaban J connectivity index is 0.818. The Morgan fingerprint density at radius 1 is 1.00 bits per heavy atom. The van der Waals surface area contributed by atoms with Crippen molar-refractivity contribution < 1.29 is 33.4 Å². The first-order valence-electron chi connectivity index (χ1n) is 19.5. The lowest BCUT2D eigenvalue weighted by Gasteiger charge is -2.28. The lowest BCUT2D eigenvalue weighted by molar-refractivity contribution is -0.150. The summed E-state index contributed by atoms with van der Waals surface area (Å²) in [5.74, 6) is -0.569. The lowest BCUT2D eigenvalue weighted by Crippen LogP contribution is -2.54. The molecule has 1 atom stereocenters. The highest BCUT2D eigenvalue weighted by atomic mass is 16.5. The van der Waals surface area contributed by atoms with Gasteiger partial charge in [-0.1, -0.05) is 6.08 Å². The summed E-state index contributed by atoms with van der Waals surface area (Å²) < 4.78 is 13.3. The van der Waals surface area contributed by atoms with Gasteiger partial charge in [-0.3, -0.25) is 48.9 Å². The standard InChI is InChI=1S/C42H47N7O8/c1-47-20-28(25-13-16-43-19-27(25)37(47)52)24-17-32(56-3)29(33(18-24)57-4)21-48(2)42-22-41(42,23-42)40(55)45-15-7-5-6-14-44-30-10-8-9-26-35(30)39(54)49(38(26)53)31-11-12-34(50)46-36(31)51/h10,13,16-20,31,44H,5-9,11-12,14-15,21-23H2,1-4H3,(H,45,55)(H,46,50,51). The summed E-state index contributed by atoms with van der Waals surface area (Å²) in [5.41, 5.74) is 3.22. The summed E-state index contributed by atoms with van der Waals surface area (Å²) in [7, 11) is 7.02. The second kappa shape index (κ2) is 14.6. The van der Waals surface area contributed by atoms with Crippen LogP contribution < -0.4 is 31.0 Å². The fourth-order valence-corrected chi connectivity index (χ4v) is 9.05. The van der Waals surface area contributed by atoms with E-state index in [0.717, 1.165) is 59.1 Å². The van der Waals surface area contributed by atoms with Crippen LogP contribution in [-0.4, -0.2) is 94.8 Å². The number of hydrogen-bond acceptors (Lipinski definition) is 11. The maximum absolute atomic E-state index is 13.4. The maximum Gasteiger partial charge on any atom is 0.264 e. The number of carbonyl (C=O) groups is 5. The Kier molecular flexibility index (Phi) is 9.74. The number of allylic oxidation sites excluding steroid dienone is 1. The highest BCUT2D eigenvalue weighted by Gasteiger charge is 2.88. The van der Waals surface area contributed by atoms with Gasteiger partial charge in [-0.2, -0.15) is 0 Å². The van der Waals surface area contributed by atoms with Crippen LogP contribution >= 0.6 is 0 Å². The Morgan fingerprint density at radius 3 is 2.46 bits per heavy atom. The smallest absolute Gasteiger partial charge is 0.264 e. The zero-order chi connectivity index (χ0) is 40.2. The minimum Gasteiger partial charge on any atom is -0.496 e. The van der Waals surface area contributed by atoms with Gasteiger partial charge in [0.1, 0.15) is 17.5 Å². The molecule has 298 valence electrons. The minimum atomic E-state index is -0.980. The number of aryl methyl sites for hydroxylation is 1. The van der Waals surface area contributed by atoms with E-state index in [-0.39, 0.29) is 29.8 Å². The molecule has 2 saturated carbocycles. The molecule has 0 spiro atoms. The van der Waals surface area contributed by atoms with E-state index in [1.165, 1.54) is 0 Å². The van der Waals surface area contributed by atoms with E-state index in [1.807, 2.05) is 37.5 Å². The number of nitrogens with zero attached hydrogens (tertiary/aromatic N) is 4. The number of rotatable bonds is 15. The number of unbranched alkanes of at least 4 members (excludes halogenated alkanes) is 2. The van der Waals surface area contributed by atoms with Gasteiger partial charge in [-0.05, 0) is 87.6 Å². The fraction of sp³-hybridized carbons (Fsp3) is 0.452. The van der Waals surface area contributed by atoms with Gasteiger partial charge in [0.05, 0.1) is 36.2 Å². The lowest BCUT2D eigenvalue weighted by atomic mass is 9.96. The Morgan fingerprint density at radius 2 is 1.74 bits per heavy atom. The van der Waals surface area contributed by atoms with Crippen molar-refractivity contribution in [3.63, 3.8) is 0 Å². The summed E-state index contributed by atoms with van der Waals surface area (Å²) in [4.78, 5) is 84.2. The maximum atomic E-state index is 13.4. The molecule has 0 bridgehead atoms. The van der Waals surface area contributed by atoms with Gasteiger partial charge >= 0.3 is 0 Å². The number of pyridine rings is 2. The van der Waals surface area contributed by atoms with Crippen LogP contribution in [0.1, 0.15) is 63.4 Å². The molecule has 3 aromatic rings. The summed E-state index contributed by atoms with van der Waals surface area (Å²) in [6, 6.07) is 4.78. The number of amides is 5. The van der Waals surface area contributed by atoms with E-state index >= 15 is 0 Å². The molecule has 1 saturated heterocycles. The average Bonchev–Trinajstić information content (AvgIpc) is 4.05. The average molecular weight is 778 g/mol. The zero-order valence-corrected chi connectivity index (χ0v) is 32.7. The summed E-state index contributed by atoms with van der Waals surface area (Å²) >= 11 is 0. The molecule has 4 heterocycles. The molecular weight excluding hydrogens is 731 g/mol. The van der Waals surface area contributed by atoms with Crippen molar-refractivity contribution in [2.75, 3.05) is 34.4 Å². The predicted octanol–water partition coefficient (Wildman–Crippen LogP) is 2.61. The first-order valence-corrected chi connectivity index (χ1v) is 19.5. The number of aromatic nitrogens is 2. The number of piperidine rings is 1. The zero-order valence-electron chi connectivity index (χ0n) is 32.7. The van der Waals surface area contributed by atoms with E-state index in [9.17, 15) is 28.8 Å². The summed E-state index contributed by atoms with van der Waals surface area (Å²) in [5, 5.41) is 10.0. The Labute approximate surface area is 329 Å². The summed E-state index contributed by atoms with van der Waals surface area (Å²) in [6.45, 7) is 1.67. The third-order valence-corrected chi connectivity index (χ3v) is 12.5. The highest BCUT2D eigenvalue weighted by molar-refractivity contribution is 6.23. The van der Waals surface area contributed by atoms with Crippen molar-refractivity contribution in [2.45, 2.75) is 75.9 Å². The van der Waals surface area contributed by atoms with Crippen LogP contribution in [0.5, 0.6) is 11.5 Å². The van der Waals surface area contributed by atoms with Gasteiger partial charge in [0.2, 0.25) is 17.7 Å². The molecule has 1 unspecified atom stereocenters. The third kappa shape index (κ3) is 6.37. The molecule has 57 heavy (non-hydrogen) atoms. The minimum absolute atomic E-state index is 0.0784. The van der Waals surface area contributed by atoms with Crippen LogP contribution in [0.25, 0.3) is 21.9 Å². The van der Waals surface area contributed by atoms with E-state index in [4.69, 9.17) is 9.47 Å². The van der Waals surface area contributed by atoms with Crippen LogP contribution in [0.2, 0.25) is 0 Å². The third-order valence-electron chi connectivity index (χ3n) is 12.5. The van der Waals surface area contributed by atoms with Crippen LogP contribution in [0.15, 0.2) is 64.5 Å². The number of fused-ring (bicyclic) bond motifs is 2. The van der Waals surface area contributed by atoms with Crippen LogP contribution in [-0.2, 0) is 37.6 Å². The molecule has 3 aliphatic carbocycles. The van der Waals surface area contributed by atoms with Gasteiger partial charge in [0.15, 0.2) is 0 Å². The molecule has 5 amide bonds. The van der Waals surface area contributed by atoms with Crippen molar-refractivity contribution in [3.8, 4) is 22.6 Å². The molecule has 2 aliphatic heterocycles. The first kappa shape index (κ1) is 38.1. The van der Waals surface area contributed by atoms with Gasteiger partial charge < -0.3 is 24.7 Å². The molecule has 0 radical (unpaired) electrons. The quantitative estimate of drug-likeness (QED) is 0.153. The number of imide groups is 2. The molecule has 15 heteroatoms. The normalized spacial score (nSPS) is 23.6. The van der Waals surface area contributed by atoms with Crippen molar-refractivity contribution >= 4 is 40.3 Å². The second-order valence-corrected chi connectivity index (χ2v) is 15.8. The van der Waals surface area contributed by atoms with Crippen LogP contribution in [0.4, 0.5) is 0 Å². The van der Waals surface area contributed by atoms with Crippen LogP contribution in [0.3, 0.4) is 0 Å². The molecule has 8 rings (SSSR count). The molecule has 5 aliphatic rings. The largest absolute Gasteiger partial charge is 0.496 e. The number of ether oxygens (including phenoxy) is 2. The first-order chi connectivity index (χ1) is 27.4. The molecule has 1 aromatic carbocycles. The van der Waals surface area contributed by atoms with Gasteiger partial charge in [0.25, 0.3) is 17.4 Å². The van der Waals surface area contributed by atoms with Crippen molar-refractivity contribution in [2.24, 2.45) is 12.5 Å². The second-order valence-electron chi connectivity index (χ2n) is 15.8. The molecule has 3 N–H and O–H groups in total. The van der Waals surface area contributed by atoms with Gasteiger partial charge in [0, 0.05) is 74.1 Å². The van der Waals surface area contributed by atoms with E-state index in [0.29, 0.717) is 66.2 Å². The Bertz CT molecular complexity index is 2330. The number of benzene rings is 1. The van der Waals surface area contributed by atoms with E-state index in [2.05, 4.69) is 25.8 Å². The van der Waals surface area contributed by atoms with Gasteiger partial charge in [-0.25, -0.2) is 0 Å². The number of nitrogens with one attached hydrogen (secondary N) is 3. The predicted molar refractivity (Wildman–Crippen MR) is 209 cm³/mol. The number of methoxy groups -OCH3 is 2. The molecule has 3 fully saturated rings. The Hall–Kier alpha value is -5.83. The van der Waals surface area contributed by atoms with E-state index in [1.54, 1.807) is 38.2 Å². The monoisotopic (exact) mass is 777 g/mol. The van der Waals surface area contributed by atoms with Crippen molar-refractivity contribution in [1.82, 2.24) is 35.3 Å². The van der Waals surface area contributed by atoms with Crippen molar-refractivity contribution in [3.05, 3.63) is 75.6 Å². The molecular formula is C42H47N7O8. The van der Waals surface area contributed by atoms with Gasteiger partial charge in [-0.15, -0.1) is 0 Å². The molecule has 2 aromatic heterocycles. The summed E-state index contributed by atoms with van der Waals surface area (Å²) in [6.07, 6.45) is 12.3. The number of hydrogen-bond donors (Lipinski definition) is 3. The SMILES string of the molecule is COc1cc(-c2cn(C)c(=O)c3cnccc23)cc(OC)c1CN(C)C12CC1(C(=O)NCCCCCNC1=CCCC3=C1C(=O)N(C1CCC(=O)NC1=O)C3=O)C2.